The maximum atomic E-state index is 13.9. The van der Waals surface area contributed by atoms with E-state index in [0.717, 1.165) is 11.1 Å². The van der Waals surface area contributed by atoms with E-state index in [-0.39, 0.29) is 169 Å². The number of ether oxygens (including phenoxy) is 2. The van der Waals surface area contributed by atoms with Gasteiger partial charge in [-0.25, -0.2) is 13.2 Å². The summed E-state index contributed by atoms with van der Waals surface area (Å²) < 4.78 is 57.5. The van der Waals surface area contributed by atoms with Crippen molar-refractivity contribution in [1.82, 2.24) is 43.1 Å². The number of fused-ring (bicyclic) bond motifs is 7. The molecule has 6 amide bonds. The van der Waals surface area contributed by atoms with Gasteiger partial charge in [0.05, 0.1) is 15.1 Å². The number of halogens is 6. The Hall–Kier alpha value is -11.2. The van der Waals surface area contributed by atoms with Gasteiger partial charge in [-0.1, -0.05) is 150 Å². The maximum Gasteiger partial charge on any atom is 0.274 e. The Bertz CT molecular complexity index is 5100. The molecule has 0 fully saturated rings. The molecule has 27 heteroatoms. The largest absolute Gasteiger partial charge is 0.503 e. The molecular formula is C79H73Cl3F3N9O12. The van der Waals surface area contributed by atoms with Crippen LogP contribution in [0, 0.1) is 17.5 Å². The van der Waals surface area contributed by atoms with Gasteiger partial charge in [-0.05, 0) is 83.5 Å². The third-order valence-corrected chi connectivity index (χ3v) is 19.4. The Labute approximate surface area is 622 Å². The summed E-state index contributed by atoms with van der Waals surface area (Å²) in [5, 5.41) is 10.4. The van der Waals surface area contributed by atoms with E-state index in [0.29, 0.717) is 48.4 Å². The van der Waals surface area contributed by atoms with Crippen LogP contribution in [0.2, 0.25) is 15.1 Å². The third-order valence-electron chi connectivity index (χ3n) is 18.5. The van der Waals surface area contributed by atoms with Crippen LogP contribution in [0.15, 0.2) is 179 Å². The highest BCUT2D eigenvalue weighted by atomic mass is 35.5. The van der Waals surface area contributed by atoms with Gasteiger partial charge in [0, 0.05) is 116 Å². The number of likely N-dealkylation sites (N-methyl/N-ethyl adjacent to an activating group) is 3. The summed E-state index contributed by atoms with van der Waals surface area (Å²) in [5.74, 6) is -5.11. The SMILES string of the molecule is C=CCc1c(C(=O)N(C)CC=C)n2c(c(OCc3ccccc3)c1=O)C(=O)N(Cc1ccc(F)c(Cl)c1)CC2.CN1C/C=C\Cc2c(n3c(c(O)c2=O)C(=O)N(Cc2ccc(F)c(Cl)c2)CC3)C1=O.CN1C/C=C\Cc2c(n3c(c(OCc4ccccc4)c2=O)C(=O)N(Cc2ccc(F)c(Cl)c2)CC3)C1=O. The average Bonchev–Trinajstić information content (AvgIpc) is 0.751. The van der Waals surface area contributed by atoms with Crippen molar-refractivity contribution >= 4 is 70.2 Å². The lowest BCUT2D eigenvalue weighted by Gasteiger charge is -2.34. The summed E-state index contributed by atoms with van der Waals surface area (Å²) in [6.07, 6.45) is 11.0. The molecule has 0 saturated carbocycles. The molecule has 3 aromatic heterocycles. The van der Waals surface area contributed by atoms with E-state index >= 15 is 0 Å². The van der Waals surface area contributed by atoms with Crippen LogP contribution in [-0.4, -0.2) is 144 Å². The first-order chi connectivity index (χ1) is 50.9. The molecule has 106 heavy (non-hydrogen) atoms. The zero-order chi connectivity index (χ0) is 75.8. The molecule has 5 aromatic carbocycles. The van der Waals surface area contributed by atoms with Crippen LogP contribution in [-0.2, 0) is 71.7 Å². The lowest BCUT2D eigenvalue weighted by atomic mass is 10.0. The van der Waals surface area contributed by atoms with Gasteiger partial charge in [0.25, 0.3) is 35.4 Å². The lowest BCUT2D eigenvalue weighted by molar-refractivity contribution is 0.0659. The van der Waals surface area contributed by atoms with Crippen LogP contribution < -0.4 is 25.8 Å². The first-order valence-corrected chi connectivity index (χ1v) is 34.9. The second-order valence-corrected chi connectivity index (χ2v) is 26.9. The molecule has 1 N–H and O–H groups in total. The Morgan fingerprint density at radius 3 is 1.31 bits per heavy atom. The van der Waals surface area contributed by atoms with E-state index in [4.69, 9.17) is 44.3 Å². The van der Waals surface area contributed by atoms with Crippen molar-refractivity contribution in [3.05, 3.63) is 307 Å². The molecule has 5 aliphatic rings. The molecule has 548 valence electrons. The van der Waals surface area contributed by atoms with E-state index < -0.39 is 63.1 Å². The second-order valence-electron chi connectivity index (χ2n) is 25.6. The zero-order valence-electron chi connectivity index (χ0n) is 58.1. The van der Waals surface area contributed by atoms with Crippen molar-refractivity contribution in [3.63, 3.8) is 0 Å². The smallest absolute Gasteiger partial charge is 0.274 e. The summed E-state index contributed by atoms with van der Waals surface area (Å²) in [4.78, 5) is 130. The molecule has 0 saturated heterocycles. The second kappa shape index (κ2) is 33.3. The number of hydrogen-bond acceptors (Lipinski definition) is 12. The quantitative estimate of drug-likeness (QED) is 0.0840. The number of allylic oxidation sites excluding steroid dienone is 3. The number of pyridine rings is 3. The highest BCUT2D eigenvalue weighted by molar-refractivity contribution is 6.31. The average molecular weight is 1500 g/mol. The molecule has 0 bridgehead atoms. The highest BCUT2D eigenvalue weighted by Gasteiger charge is 2.40. The number of carbonyl (C=O) groups is 6. The molecule has 0 radical (unpaired) electrons. The summed E-state index contributed by atoms with van der Waals surface area (Å²) in [6, 6.07) is 31.3. The van der Waals surface area contributed by atoms with Gasteiger partial charge in [-0.3, -0.25) is 43.2 Å². The predicted octanol–water partition coefficient (Wildman–Crippen LogP) is 11.1. The number of aromatic nitrogens is 3. The van der Waals surface area contributed by atoms with Crippen LogP contribution in [0.4, 0.5) is 13.2 Å². The molecule has 21 nitrogen and oxygen atoms in total. The Balaban J connectivity index is 0.000000160. The van der Waals surface area contributed by atoms with Crippen LogP contribution >= 0.6 is 34.8 Å². The van der Waals surface area contributed by atoms with E-state index in [1.54, 1.807) is 71.6 Å². The number of benzene rings is 5. The third kappa shape index (κ3) is 16.0. The molecular weight excluding hydrogens is 1430 g/mol. The standard InChI is InChI=1S/C30H29ClFN3O4.C28H25ClFN3O4.C21H19ClFN3O4/c1-4-9-22-25(29(37)33(3)14-5-2)35-16-15-34(18-21-12-13-24(32)23(31)17-21)30(38)26(35)28(27(22)36)39-19-20-10-7-6-8-11-20;1-31-12-6-5-9-20-23(27(31)35)33-14-13-32(16-19-10-11-22(30)21(29)15-19)28(36)24(33)26(25(20)34)37-17-18-7-3-2-4-8-18;1-24-7-3-2-4-13-16(20(24)29)26-9-8-25(21(30)17(26)19(28)18(13)27)11-12-5-6-15(23)14(22)10-12/h4-8,10-13,17H,1-2,9,14-16,18-19H2,3H3;2-8,10-11,15H,9,12-14,16-17H2,1H3;2-3,5-6,10,28H,4,7-9,11H2,1H3/b;6-5-;3-2-. The summed E-state index contributed by atoms with van der Waals surface area (Å²) in [7, 11) is 4.88. The maximum absolute atomic E-state index is 13.9. The fourth-order valence-electron chi connectivity index (χ4n) is 13.0. The van der Waals surface area contributed by atoms with Crippen LogP contribution in [0.1, 0.15) is 107 Å². The molecule has 13 rings (SSSR count). The van der Waals surface area contributed by atoms with Crippen LogP contribution in [0.3, 0.4) is 0 Å². The molecule has 8 heterocycles. The van der Waals surface area contributed by atoms with Crippen molar-refractivity contribution in [1.29, 1.82) is 0 Å². The highest BCUT2D eigenvalue weighted by Crippen LogP contribution is 2.33. The van der Waals surface area contributed by atoms with Crippen molar-refractivity contribution in [2.75, 3.05) is 60.4 Å². The topological polar surface area (TPSA) is 227 Å². The number of rotatable bonds is 17. The predicted molar refractivity (Wildman–Crippen MR) is 394 cm³/mol. The lowest BCUT2D eigenvalue weighted by Crippen LogP contribution is -2.45. The van der Waals surface area contributed by atoms with Gasteiger partial charge in [0.1, 0.15) is 47.7 Å². The van der Waals surface area contributed by atoms with Gasteiger partial charge >= 0.3 is 0 Å². The molecule has 5 aliphatic heterocycles. The summed E-state index contributed by atoms with van der Waals surface area (Å²) in [6.45, 7) is 10.6. The summed E-state index contributed by atoms with van der Waals surface area (Å²) in [5.41, 5.74) is 2.84. The molecule has 8 aromatic rings. The number of nitrogens with zero attached hydrogens (tertiary/aromatic N) is 9. The van der Waals surface area contributed by atoms with E-state index in [1.807, 2.05) is 72.8 Å². The van der Waals surface area contributed by atoms with Crippen molar-refractivity contribution < 1.29 is 56.5 Å². The fourth-order valence-corrected chi connectivity index (χ4v) is 13.7. The van der Waals surface area contributed by atoms with E-state index in [1.165, 1.54) is 71.5 Å². The number of carbonyl (C=O) groups excluding carboxylic acids is 6. The van der Waals surface area contributed by atoms with Gasteiger partial charge in [-0.15, -0.1) is 13.2 Å². The summed E-state index contributed by atoms with van der Waals surface area (Å²) >= 11 is 17.7. The van der Waals surface area contributed by atoms with Crippen molar-refractivity contribution in [3.8, 4) is 17.2 Å². The molecule has 0 atom stereocenters. The van der Waals surface area contributed by atoms with Crippen molar-refractivity contribution in [2.45, 2.75) is 71.7 Å². The normalized spacial score (nSPS) is 15.1. The Kier molecular flexibility index (Phi) is 23.8. The zero-order valence-corrected chi connectivity index (χ0v) is 60.4. The van der Waals surface area contributed by atoms with E-state index in [9.17, 15) is 61.4 Å². The van der Waals surface area contributed by atoms with E-state index in [2.05, 4.69) is 13.2 Å². The Morgan fingerprint density at radius 2 is 0.887 bits per heavy atom. The minimum atomic E-state index is -0.718. The fraction of sp³-hybridized carbons (Fsp3) is 0.253. The van der Waals surface area contributed by atoms with Crippen LogP contribution in [0.25, 0.3) is 0 Å². The number of hydrogen-bond donors (Lipinski definition) is 1. The minimum Gasteiger partial charge on any atom is -0.503 e. The number of amides is 6. The molecule has 0 spiro atoms. The van der Waals surface area contributed by atoms with Gasteiger partial charge in [0.15, 0.2) is 34.3 Å². The molecule has 0 unspecified atom stereocenters. The van der Waals surface area contributed by atoms with Gasteiger partial charge in [0.2, 0.25) is 16.3 Å². The van der Waals surface area contributed by atoms with Gasteiger partial charge < -0.3 is 57.7 Å². The first-order valence-electron chi connectivity index (χ1n) is 33.8. The number of aromatic hydroxyl groups is 1. The monoisotopic (exact) mass is 1500 g/mol. The van der Waals surface area contributed by atoms with Crippen molar-refractivity contribution in [2.24, 2.45) is 0 Å². The Morgan fingerprint density at radius 1 is 0.491 bits per heavy atom. The minimum absolute atomic E-state index is 0.00134. The molecule has 0 aliphatic carbocycles. The van der Waals surface area contributed by atoms with Gasteiger partial charge in [-0.2, -0.15) is 0 Å². The van der Waals surface area contributed by atoms with Crippen LogP contribution in [0.5, 0.6) is 17.2 Å². The first kappa shape index (κ1) is 75.9.